The number of rotatable bonds is 13. The van der Waals surface area contributed by atoms with Gasteiger partial charge in [0.15, 0.2) is 23.1 Å². The number of ether oxygens (including phenoxy) is 2. The van der Waals surface area contributed by atoms with Crippen LogP contribution in [0.2, 0.25) is 20.1 Å². The molecule has 20 heteroatoms. The molecule has 354 valence electrons. The molecule has 0 saturated carbocycles. The molecule has 2 aliphatic rings. The van der Waals surface area contributed by atoms with Gasteiger partial charge < -0.3 is 26.3 Å². The minimum Gasteiger partial charge on any atom is -0.482 e. The van der Waals surface area contributed by atoms with Gasteiger partial charge in [-0.15, -0.1) is 10.2 Å². The normalized spacial score (nSPS) is 14.9. The van der Waals surface area contributed by atoms with Gasteiger partial charge in [-0.2, -0.15) is 0 Å². The van der Waals surface area contributed by atoms with Gasteiger partial charge in [0.25, 0.3) is 0 Å². The van der Waals surface area contributed by atoms with Crippen LogP contribution in [-0.2, 0) is 0 Å². The highest BCUT2D eigenvalue weighted by Gasteiger charge is 2.36. The van der Waals surface area contributed by atoms with Gasteiger partial charge in [-0.3, -0.25) is 4.90 Å². The molecule has 0 spiro atoms. The standard InChI is InChI=1S/C31H27Cl2FN6O.C18H17Cl2FN6O/c1-19(28-24(32)12-13-25(34)29(28)33)41-27-14-22(15-36-31(27)35)26-18-40(38-37-26)23-16-39(17-23)30(20-8-4-2-5-9-20)21-10-6-3-7-11-21;1-9(16-12(19)2-3-13(21)17(16)20)28-15-4-10(5-24-18(15)22)14-8-27(26-25-14)11-6-23-7-11/h2-15,18-19,23,30H,16-17H2,1H3,(H2,35,36);2-5,8-9,11,23H,6-7H2,1H3,(H2,22,24). The predicted molar refractivity (Wildman–Crippen MR) is 264 cm³/mol. The Morgan fingerprint density at radius 3 is 1.48 bits per heavy atom. The molecule has 69 heavy (non-hydrogen) atoms. The van der Waals surface area contributed by atoms with E-state index in [4.69, 9.17) is 67.3 Å². The van der Waals surface area contributed by atoms with Crippen LogP contribution in [0.3, 0.4) is 0 Å². The van der Waals surface area contributed by atoms with E-state index in [-0.39, 0.29) is 33.8 Å². The van der Waals surface area contributed by atoms with Crippen molar-refractivity contribution in [1.82, 2.24) is 50.2 Å². The third-order valence-electron chi connectivity index (χ3n) is 11.9. The largest absolute Gasteiger partial charge is 0.482 e. The topological polar surface area (TPSA) is 173 Å². The fourth-order valence-corrected chi connectivity index (χ4v) is 9.45. The molecule has 4 aromatic carbocycles. The highest BCUT2D eigenvalue weighted by Crippen LogP contribution is 2.40. The van der Waals surface area contributed by atoms with Crippen molar-refractivity contribution in [2.24, 2.45) is 0 Å². The van der Waals surface area contributed by atoms with Gasteiger partial charge in [-0.05, 0) is 61.4 Å². The Morgan fingerprint density at radius 1 is 0.623 bits per heavy atom. The second-order valence-corrected chi connectivity index (χ2v) is 18.1. The first kappa shape index (κ1) is 47.7. The van der Waals surface area contributed by atoms with Crippen molar-refractivity contribution in [2.45, 2.75) is 44.2 Å². The summed E-state index contributed by atoms with van der Waals surface area (Å²) >= 11 is 24.7. The average Bonchev–Trinajstić information content (AvgIpc) is 4.00. The fourth-order valence-electron chi connectivity index (χ4n) is 8.10. The number of nitrogens with zero attached hydrogens (tertiary/aromatic N) is 9. The summed E-state index contributed by atoms with van der Waals surface area (Å²) in [5.74, 6) is -0.149. The zero-order chi connectivity index (χ0) is 48.3. The van der Waals surface area contributed by atoms with Crippen molar-refractivity contribution in [3.05, 3.63) is 176 Å². The number of benzene rings is 4. The lowest BCUT2D eigenvalue weighted by Gasteiger charge is -2.44. The summed E-state index contributed by atoms with van der Waals surface area (Å²) in [7, 11) is 0. The van der Waals surface area contributed by atoms with Crippen LogP contribution in [0.5, 0.6) is 11.5 Å². The second kappa shape index (κ2) is 20.7. The Morgan fingerprint density at radius 2 is 1.06 bits per heavy atom. The molecule has 2 atom stereocenters. The SMILES string of the molecule is CC(Oc1cc(-c2cn(C3CN(C(c4ccccc4)c4ccccc4)C3)nn2)cnc1N)c1c(Cl)ccc(F)c1Cl.CC(Oc1cc(-c2cn(C3CNC3)nn2)cnc1N)c1c(Cl)ccc(F)c1Cl. The van der Waals surface area contributed by atoms with Gasteiger partial charge in [-0.25, -0.2) is 28.1 Å². The van der Waals surface area contributed by atoms with E-state index >= 15 is 0 Å². The summed E-state index contributed by atoms with van der Waals surface area (Å²) in [6, 6.07) is 30.5. The van der Waals surface area contributed by atoms with Crippen molar-refractivity contribution >= 4 is 58.0 Å². The number of nitrogen functional groups attached to an aromatic ring is 2. The van der Waals surface area contributed by atoms with Crippen LogP contribution in [0.4, 0.5) is 20.4 Å². The Hall–Kier alpha value is -6.40. The maximum atomic E-state index is 14.1. The van der Waals surface area contributed by atoms with E-state index in [1.54, 1.807) is 38.4 Å². The quantitative estimate of drug-likeness (QED) is 0.0935. The third-order valence-corrected chi connectivity index (χ3v) is 13.4. The van der Waals surface area contributed by atoms with Gasteiger partial charge >= 0.3 is 0 Å². The lowest BCUT2D eigenvalue weighted by Crippen LogP contribution is -2.49. The Bertz CT molecular complexity index is 3040. The lowest BCUT2D eigenvalue weighted by molar-refractivity contribution is 0.0671. The van der Waals surface area contributed by atoms with Gasteiger partial charge in [0.2, 0.25) is 0 Å². The zero-order valence-electron chi connectivity index (χ0n) is 37.0. The smallest absolute Gasteiger partial charge is 0.166 e. The van der Waals surface area contributed by atoms with Gasteiger partial charge in [-0.1, -0.05) is 117 Å². The molecule has 2 fully saturated rings. The summed E-state index contributed by atoms with van der Waals surface area (Å²) in [5.41, 5.74) is 17.9. The van der Waals surface area contributed by atoms with E-state index in [0.29, 0.717) is 61.2 Å². The number of halogens is 6. The van der Waals surface area contributed by atoms with Crippen molar-refractivity contribution in [1.29, 1.82) is 0 Å². The third kappa shape index (κ3) is 10.3. The summed E-state index contributed by atoms with van der Waals surface area (Å²) in [6.45, 7) is 6.82. The van der Waals surface area contributed by atoms with Crippen LogP contribution in [0.1, 0.15) is 66.4 Å². The first-order valence-corrected chi connectivity index (χ1v) is 23.3. The Balaban J connectivity index is 0.000000185. The molecular formula is C49H44Cl4F2N12O2. The number of likely N-dealkylation sites (tertiary alicyclic amines) is 1. The van der Waals surface area contributed by atoms with Crippen LogP contribution < -0.4 is 26.3 Å². The van der Waals surface area contributed by atoms with E-state index in [9.17, 15) is 8.78 Å². The van der Waals surface area contributed by atoms with Crippen LogP contribution in [0.15, 0.2) is 122 Å². The summed E-state index contributed by atoms with van der Waals surface area (Å²) in [5, 5.41) is 20.8. The van der Waals surface area contributed by atoms with E-state index < -0.39 is 23.8 Å². The molecule has 0 aliphatic carbocycles. The summed E-state index contributed by atoms with van der Waals surface area (Å²) < 4.78 is 43.5. The molecule has 5 N–H and O–H groups in total. The average molecular weight is 1010 g/mol. The molecule has 14 nitrogen and oxygen atoms in total. The molecule has 6 heterocycles. The molecule has 2 aliphatic heterocycles. The molecular weight excluding hydrogens is 968 g/mol. The van der Waals surface area contributed by atoms with Crippen molar-refractivity contribution in [3.8, 4) is 34.0 Å². The highest BCUT2D eigenvalue weighted by molar-refractivity contribution is 6.36. The first-order valence-electron chi connectivity index (χ1n) is 21.8. The molecule has 10 rings (SSSR count). The molecule has 4 aromatic heterocycles. The van der Waals surface area contributed by atoms with Crippen LogP contribution >= 0.6 is 46.4 Å². The monoisotopic (exact) mass is 1010 g/mol. The van der Waals surface area contributed by atoms with Crippen molar-refractivity contribution < 1.29 is 18.3 Å². The number of hydrogen-bond acceptors (Lipinski definition) is 12. The Kier molecular flexibility index (Phi) is 14.3. The van der Waals surface area contributed by atoms with E-state index in [1.807, 2.05) is 33.9 Å². The second-order valence-electron chi connectivity index (χ2n) is 16.6. The minimum atomic E-state index is -0.677. The van der Waals surface area contributed by atoms with E-state index in [0.717, 1.165) is 26.2 Å². The number of nitrogens with two attached hydrogens (primary N) is 2. The van der Waals surface area contributed by atoms with E-state index in [2.05, 4.69) is 89.3 Å². The van der Waals surface area contributed by atoms with Gasteiger partial charge in [0, 0.05) is 70.9 Å². The zero-order valence-corrected chi connectivity index (χ0v) is 40.0. The van der Waals surface area contributed by atoms with Crippen LogP contribution in [0.25, 0.3) is 22.5 Å². The molecule has 0 radical (unpaired) electrons. The molecule has 8 aromatic rings. The van der Waals surface area contributed by atoms with E-state index in [1.165, 1.54) is 35.4 Å². The number of aromatic nitrogens is 8. The minimum absolute atomic E-state index is 0.0836. The van der Waals surface area contributed by atoms with Crippen molar-refractivity contribution in [2.75, 3.05) is 37.6 Å². The van der Waals surface area contributed by atoms with Crippen LogP contribution in [-0.4, -0.2) is 71.0 Å². The Labute approximate surface area is 416 Å². The van der Waals surface area contributed by atoms with Crippen LogP contribution in [0, 0.1) is 11.6 Å². The van der Waals surface area contributed by atoms with Gasteiger partial charge in [0.1, 0.15) is 35.2 Å². The number of pyridine rings is 2. The summed E-state index contributed by atoms with van der Waals surface area (Å²) in [4.78, 5) is 10.9. The van der Waals surface area contributed by atoms with Crippen molar-refractivity contribution in [3.63, 3.8) is 0 Å². The molecule has 2 saturated heterocycles. The van der Waals surface area contributed by atoms with Gasteiger partial charge in [0.05, 0.1) is 40.6 Å². The number of hydrogen-bond donors (Lipinski definition) is 3. The predicted octanol–water partition coefficient (Wildman–Crippen LogP) is 10.8. The number of anilines is 2. The first-order chi connectivity index (χ1) is 33.3. The maximum Gasteiger partial charge on any atom is 0.166 e. The fraction of sp³-hybridized carbons (Fsp3) is 0.224. The number of nitrogens with one attached hydrogen (secondary N) is 1. The summed E-state index contributed by atoms with van der Waals surface area (Å²) in [6.07, 6.45) is 5.66. The molecule has 0 bridgehead atoms. The molecule has 0 amide bonds. The lowest BCUT2D eigenvalue weighted by atomic mass is 9.93. The maximum absolute atomic E-state index is 14.1. The molecule has 2 unspecified atom stereocenters. The highest BCUT2D eigenvalue weighted by atomic mass is 35.5.